The van der Waals surface area contributed by atoms with Crippen molar-refractivity contribution in [3.63, 3.8) is 0 Å². The van der Waals surface area contributed by atoms with E-state index in [2.05, 4.69) is 10.3 Å². The summed E-state index contributed by atoms with van der Waals surface area (Å²) in [6.45, 7) is 0. The Hall–Kier alpha value is -2.60. The normalized spacial score (nSPS) is 22.0. The summed E-state index contributed by atoms with van der Waals surface area (Å²) in [5, 5.41) is 3.67. The van der Waals surface area contributed by atoms with Crippen molar-refractivity contribution in [2.75, 3.05) is 0 Å². The number of benzene rings is 1. The molecular weight excluding hydrogens is 392 g/mol. The van der Waals surface area contributed by atoms with E-state index in [1.807, 2.05) is 6.07 Å². The fourth-order valence-electron chi connectivity index (χ4n) is 3.97. The third-order valence-electron chi connectivity index (χ3n) is 5.80. The van der Waals surface area contributed by atoms with E-state index in [-0.39, 0.29) is 41.1 Å². The van der Waals surface area contributed by atoms with Crippen LogP contribution in [0.3, 0.4) is 0 Å². The summed E-state index contributed by atoms with van der Waals surface area (Å²) < 4.78 is 11.4. The predicted octanol–water partition coefficient (Wildman–Crippen LogP) is 5.12. The molecule has 29 heavy (non-hydrogen) atoms. The van der Waals surface area contributed by atoms with Crippen LogP contribution in [0.4, 0.5) is 0 Å². The van der Waals surface area contributed by atoms with Gasteiger partial charge < -0.3 is 14.2 Å². The third kappa shape index (κ3) is 3.81. The van der Waals surface area contributed by atoms with Gasteiger partial charge in [0, 0.05) is 22.9 Å². The summed E-state index contributed by atoms with van der Waals surface area (Å²) in [5.41, 5.74) is 1.52. The first-order valence-electron chi connectivity index (χ1n) is 10.1. The number of hydrogen-bond acceptors (Lipinski definition) is 5. The van der Waals surface area contributed by atoms with E-state index in [0.29, 0.717) is 5.02 Å². The Labute approximate surface area is 172 Å². The molecule has 0 atom stereocenters. The zero-order valence-electron chi connectivity index (χ0n) is 15.8. The van der Waals surface area contributed by atoms with Crippen molar-refractivity contribution < 1.29 is 18.4 Å². The highest BCUT2D eigenvalue weighted by atomic mass is 35.5. The lowest BCUT2D eigenvalue weighted by atomic mass is 9.86. The Balaban J connectivity index is 1.18. The number of ketones is 1. The molecule has 2 fully saturated rings. The number of rotatable bonds is 5. The average molecular weight is 413 g/mol. The van der Waals surface area contributed by atoms with Gasteiger partial charge in [-0.05, 0) is 68.9 Å². The monoisotopic (exact) mass is 412 g/mol. The minimum Gasteiger partial charge on any atom is -0.448 e. The number of halogens is 1. The average Bonchev–Trinajstić information content (AvgIpc) is 3.29. The highest BCUT2D eigenvalue weighted by Gasteiger charge is 2.33. The van der Waals surface area contributed by atoms with Gasteiger partial charge in [-0.25, -0.2) is 4.98 Å². The molecule has 1 aromatic carbocycles. The first-order chi connectivity index (χ1) is 14.1. The number of hydrogen-bond donors (Lipinski definition) is 1. The van der Waals surface area contributed by atoms with Crippen molar-refractivity contribution in [1.29, 1.82) is 0 Å². The van der Waals surface area contributed by atoms with Crippen molar-refractivity contribution in [2.24, 2.45) is 5.92 Å². The van der Waals surface area contributed by atoms with E-state index >= 15 is 0 Å². The zero-order valence-corrected chi connectivity index (χ0v) is 16.6. The van der Waals surface area contributed by atoms with E-state index in [1.165, 1.54) is 0 Å². The minimum atomic E-state index is -0.264. The lowest BCUT2D eigenvalue weighted by Gasteiger charge is -2.27. The van der Waals surface area contributed by atoms with Crippen molar-refractivity contribution in [1.82, 2.24) is 10.3 Å². The highest BCUT2D eigenvalue weighted by molar-refractivity contribution is 6.31. The number of carbonyl (C=O) groups excluding carboxylic acids is 2. The topological polar surface area (TPSA) is 85.3 Å². The molecule has 5 rings (SSSR count). The molecular formula is C22H21ClN2O4. The van der Waals surface area contributed by atoms with Crippen molar-refractivity contribution in [3.8, 4) is 0 Å². The van der Waals surface area contributed by atoms with Gasteiger partial charge in [0.1, 0.15) is 5.52 Å². The molecule has 150 valence electrons. The standard InChI is InChI=1S/C22H21ClN2O4/c23-14-5-8-17-16(11-14)25-22(29-17)13-3-6-15(7-4-13)24-21(27)19-10-9-18(28-19)20(26)12-1-2-12/h5,8-13,15H,1-4,6-7H2,(H,24,27). The number of Topliss-reactive ketones (excluding diaryl/α,β-unsaturated/α-hetero) is 1. The van der Waals surface area contributed by atoms with Gasteiger partial charge in [0.15, 0.2) is 23.0 Å². The maximum Gasteiger partial charge on any atom is 0.287 e. The zero-order chi connectivity index (χ0) is 20.0. The molecule has 2 aromatic heterocycles. The quantitative estimate of drug-likeness (QED) is 0.587. The lowest BCUT2D eigenvalue weighted by Crippen LogP contribution is -2.37. The molecule has 0 radical (unpaired) electrons. The number of oxazole rings is 1. The second-order valence-electron chi connectivity index (χ2n) is 7.99. The molecule has 1 amide bonds. The SMILES string of the molecule is O=C(NC1CCC(c2nc3cc(Cl)ccc3o2)CC1)c1ccc(C(=O)C2CC2)o1. The Morgan fingerprint density at radius 1 is 0.966 bits per heavy atom. The number of furan rings is 1. The summed E-state index contributed by atoms with van der Waals surface area (Å²) in [4.78, 5) is 29.1. The molecule has 2 saturated carbocycles. The van der Waals surface area contributed by atoms with E-state index in [4.69, 9.17) is 20.4 Å². The number of nitrogens with one attached hydrogen (secondary N) is 1. The Morgan fingerprint density at radius 2 is 1.72 bits per heavy atom. The third-order valence-corrected chi connectivity index (χ3v) is 6.03. The summed E-state index contributed by atoms with van der Waals surface area (Å²) in [6, 6.07) is 8.70. The summed E-state index contributed by atoms with van der Waals surface area (Å²) in [7, 11) is 0. The summed E-state index contributed by atoms with van der Waals surface area (Å²) in [5.74, 6) is 1.28. The Kier molecular flexibility index (Phi) is 4.66. The molecule has 2 heterocycles. The Bertz CT molecular complexity index is 1070. The molecule has 7 heteroatoms. The van der Waals surface area contributed by atoms with Crippen LogP contribution in [-0.4, -0.2) is 22.7 Å². The smallest absolute Gasteiger partial charge is 0.287 e. The number of aromatic nitrogens is 1. The minimum absolute atomic E-state index is 0.00387. The molecule has 0 aliphatic heterocycles. The van der Waals surface area contributed by atoms with E-state index in [0.717, 1.165) is 55.5 Å². The van der Waals surface area contributed by atoms with Gasteiger partial charge in [-0.2, -0.15) is 0 Å². The van der Waals surface area contributed by atoms with Crippen LogP contribution in [0.15, 0.2) is 39.2 Å². The van der Waals surface area contributed by atoms with Crippen LogP contribution in [0.25, 0.3) is 11.1 Å². The Morgan fingerprint density at radius 3 is 2.48 bits per heavy atom. The van der Waals surface area contributed by atoms with Crippen molar-refractivity contribution in [2.45, 2.75) is 50.5 Å². The van der Waals surface area contributed by atoms with Gasteiger partial charge >= 0.3 is 0 Å². The second-order valence-corrected chi connectivity index (χ2v) is 8.43. The first kappa shape index (κ1) is 18.4. The van der Waals surface area contributed by atoms with E-state index < -0.39 is 0 Å². The molecule has 2 aliphatic carbocycles. The number of fused-ring (bicyclic) bond motifs is 1. The molecule has 0 bridgehead atoms. The van der Waals surface area contributed by atoms with Crippen molar-refractivity contribution in [3.05, 3.63) is 52.8 Å². The largest absolute Gasteiger partial charge is 0.448 e. The van der Waals surface area contributed by atoms with Gasteiger partial charge in [0.2, 0.25) is 5.78 Å². The summed E-state index contributed by atoms with van der Waals surface area (Å²) >= 11 is 6.02. The number of amides is 1. The first-order valence-corrected chi connectivity index (χ1v) is 10.5. The van der Waals surface area contributed by atoms with Crippen LogP contribution >= 0.6 is 11.6 Å². The van der Waals surface area contributed by atoms with Crippen LogP contribution in [-0.2, 0) is 0 Å². The molecule has 0 saturated heterocycles. The molecule has 3 aromatic rings. The predicted molar refractivity (Wildman–Crippen MR) is 107 cm³/mol. The lowest BCUT2D eigenvalue weighted by molar-refractivity contribution is 0.0885. The van der Waals surface area contributed by atoms with Crippen molar-refractivity contribution >= 4 is 34.4 Å². The van der Waals surface area contributed by atoms with Gasteiger partial charge in [-0.1, -0.05) is 11.6 Å². The number of carbonyl (C=O) groups is 2. The second kappa shape index (κ2) is 7.34. The fraction of sp³-hybridized carbons (Fsp3) is 0.409. The molecule has 2 aliphatic rings. The van der Waals surface area contributed by atoms with Crippen LogP contribution in [0, 0.1) is 5.92 Å². The molecule has 0 unspecified atom stereocenters. The van der Waals surface area contributed by atoms with Crippen LogP contribution < -0.4 is 5.32 Å². The van der Waals surface area contributed by atoms with Gasteiger partial charge in [-0.3, -0.25) is 9.59 Å². The van der Waals surface area contributed by atoms with Crippen LogP contribution in [0.1, 0.15) is 71.4 Å². The maximum atomic E-state index is 12.5. The molecule has 6 nitrogen and oxygen atoms in total. The number of nitrogens with zero attached hydrogens (tertiary/aromatic N) is 1. The van der Waals surface area contributed by atoms with E-state index in [9.17, 15) is 9.59 Å². The van der Waals surface area contributed by atoms with Crippen LogP contribution in [0.5, 0.6) is 0 Å². The van der Waals surface area contributed by atoms with Crippen LogP contribution in [0.2, 0.25) is 5.02 Å². The molecule has 0 spiro atoms. The molecule has 1 N–H and O–H groups in total. The fourth-order valence-corrected chi connectivity index (χ4v) is 4.14. The highest BCUT2D eigenvalue weighted by Crippen LogP contribution is 2.35. The van der Waals surface area contributed by atoms with Gasteiger partial charge in [0.05, 0.1) is 0 Å². The van der Waals surface area contributed by atoms with Gasteiger partial charge in [-0.15, -0.1) is 0 Å². The van der Waals surface area contributed by atoms with E-state index in [1.54, 1.807) is 24.3 Å². The van der Waals surface area contributed by atoms with Gasteiger partial charge in [0.25, 0.3) is 5.91 Å². The maximum absolute atomic E-state index is 12.5. The summed E-state index contributed by atoms with van der Waals surface area (Å²) in [6.07, 6.45) is 5.27.